The summed E-state index contributed by atoms with van der Waals surface area (Å²) >= 11 is 0. The Kier molecular flexibility index (Phi) is 4.56. The molecule has 2 rings (SSSR count). The molecule has 20 heavy (non-hydrogen) atoms. The molecule has 1 atom stereocenters. The minimum absolute atomic E-state index is 0.401. The lowest BCUT2D eigenvalue weighted by atomic mass is 10.1. The van der Waals surface area contributed by atoms with Crippen LogP contribution in [0, 0.1) is 13.8 Å². The lowest BCUT2D eigenvalue weighted by Crippen LogP contribution is -2.15. The van der Waals surface area contributed by atoms with E-state index in [9.17, 15) is 0 Å². The van der Waals surface area contributed by atoms with E-state index in [2.05, 4.69) is 66.5 Å². The van der Waals surface area contributed by atoms with Crippen LogP contribution in [0.4, 0.5) is 17.5 Å². The van der Waals surface area contributed by atoms with Crippen LogP contribution in [-0.2, 0) is 0 Å². The molecule has 0 amide bonds. The van der Waals surface area contributed by atoms with E-state index in [0.29, 0.717) is 12.0 Å². The van der Waals surface area contributed by atoms with E-state index >= 15 is 0 Å². The van der Waals surface area contributed by atoms with Gasteiger partial charge in [0, 0.05) is 17.9 Å². The summed E-state index contributed by atoms with van der Waals surface area (Å²) in [5.41, 5.74) is 3.45. The Bertz CT molecular complexity index is 560. The minimum atomic E-state index is 0.401. The van der Waals surface area contributed by atoms with E-state index < -0.39 is 0 Å². The van der Waals surface area contributed by atoms with E-state index in [1.54, 1.807) is 6.20 Å². The van der Waals surface area contributed by atoms with Gasteiger partial charge in [-0.05, 0) is 44.4 Å². The number of anilines is 3. The van der Waals surface area contributed by atoms with E-state index in [1.165, 1.54) is 11.1 Å². The molecule has 0 saturated heterocycles. The summed E-state index contributed by atoms with van der Waals surface area (Å²) in [6.07, 6.45) is 2.83. The van der Waals surface area contributed by atoms with Gasteiger partial charge in [0.15, 0.2) is 0 Å². The molecule has 0 bridgehead atoms. The molecule has 106 valence electrons. The fourth-order valence-electron chi connectivity index (χ4n) is 1.98. The topological polar surface area (TPSA) is 49.8 Å². The predicted octanol–water partition coefficient (Wildman–Crippen LogP) is 4.05. The lowest BCUT2D eigenvalue weighted by molar-refractivity contribution is 0.758. The van der Waals surface area contributed by atoms with Crippen molar-refractivity contribution in [3.8, 4) is 0 Å². The van der Waals surface area contributed by atoms with Crippen molar-refractivity contribution in [3.63, 3.8) is 0 Å². The van der Waals surface area contributed by atoms with Gasteiger partial charge in [-0.25, -0.2) is 4.98 Å². The fraction of sp³-hybridized carbons (Fsp3) is 0.375. The lowest BCUT2D eigenvalue weighted by Gasteiger charge is -2.14. The van der Waals surface area contributed by atoms with Crippen molar-refractivity contribution in [1.29, 1.82) is 0 Å². The zero-order valence-electron chi connectivity index (χ0n) is 12.6. The highest BCUT2D eigenvalue weighted by atomic mass is 15.1. The molecule has 1 aromatic carbocycles. The first-order valence-corrected chi connectivity index (χ1v) is 7.03. The number of hydrogen-bond acceptors (Lipinski definition) is 4. The maximum absolute atomic E-state index is 4.50. The van der Waals surface area contributed by atoms with Gasteiger partial charge in [0.1, 0.15) is 5.82 Å². The van der Waals surface area contributed by atoms with Crippen LogP contribution < -0.4 is 10.6 Å². The van der Waals surface area contributed by atoms with Crippen molar-refractivity contribution >= 4 is 17.5 Å². The quantitative estimate of drug-likeness (QED) is 0.860. The van der Waals surface area contributed by atoms with Crippen LogP contribution in [0.25, 0.3) is 0 Å². The summed E-state index contributed by atoms with van der Waals surface area (Å²) in [5.74, 6) is 1.47. The zero-order valence-corrected chi connectivity index (χ0v) is 12.6. The van der Waals surface area contributed by atoms with Gasteiger partial charge in [-0.15, -0.1) is 0 Å². The number of aromatic nitrogens is 2. The monoisotopic (exact) mass is 270 g/mol. The van der Waals surface area contributed by atoms with Crippen LogP contribution in [0.1, 0.15) is 31.4 Å². The Hall–Kier alpha value is -2.10. The average Bonchev–Trinajstić information content (AvgIpc) is 2.43. The third-order valence-corrected chi connectivity index (χ3v) is 3.38. The molecule has 0 saturated carbocycles. The zero-order chi connectivity index (χ0) is 14.5. The maximum atomic E-state index is 4.50. The van der Waals surface area contributed by atoms with Gasteiger partial charge in [-0.2, -0.15) is 4.98 Å². The molecule has 2 N–H and O–H groups in total. The largest absolute Gasteiger partial charge is 0.367 e. The van der Waals surface area contributed by atoms with E-state index in [1.807, 2.05) is 6.07 Å². The first kappa shape index (κ1) is 14.3. The Labute approximate surface area is 120 Å². The van der Waals surface area contributed by atoms with E-state index in [-0.39, 0.29) is 0 Å². The summed E-state index contributed by atoms with van der Waals surface area (Å²) < 4.78 is 0. The smallest absolute Gasteiger partial charge is 0.229 e. The van der Waals surface area contributed by atoms with E-state index in [0.717, 1.165) is 17.9 Å². The molecule has 0 aliphatic heterocycles. The Morgan fingerprint density at radius 3 is 2.50 bits per heavy atom. The van der Waals surface area contributed by atoms with Crippen molar-refractivity contribution in [2.45, 2.75) is 40.2 Å². The van der Waals surface area contributed by atoms with Crippen LogP contribution in [0.2, 0.25) is 0 Å². The van der Waals surface area contributed by atoms with Gasteiger partial charge in [0.2, 0.25) is 5.95 Å². The highest BCUT2D eigenvalue weighted by molar-refractivity contribution is 5.63. The number of para-hydroxylation sites is 1. The van der Waals surface area contributed by atoms with Crippen LogP contribution >= 0.6 is 0 Å². The van der Waals surface area contributed by atoms with Gasteiger partial charge in [-0.1, -0.05) is 25.1 Å². The van der Waals surface area contributed by atoms with Crippen LogP contribution in [-0.4, -0.2) is 16.0 Å². The van der Waals surface area contributed by atoms with Crippen LogP contribution in [0.3, 0.4) is 0 Å². The molecule has 0 radical (unpaired) electrons. The standard InChI is InChI=1S/C16H22N4/c1-5-13(4)18-14-9-10-17-16(19-14)20-15-11(2)7-6-8-12(15)3/h6-10,13H,5H2,1-4H3,(H2,17,18,19,20). The van der Waals surface area contributed by atoms with Gasteiger partial charge in [0.25, 0.3) is 0 Å². The first-order chi connectivity index (χ1) is 9.60. The Morgan fingerprint density at radius 1 is 1.15 bits per heavy atom. The Morgan fingerprint density at radius 2 is 1.85 bits per heavy atom. The van der Waals surface area contributed by atoms with Crippen molar-refractivity contribution in [2.75, 3.05) is 10.6 Å². The summed E-state index contributed by atoms with van der Waals surface area (Å²) in [6.45, 7) is 8.45. The van der Waals surface area contributed by atoms with Crippen LogP contribution in [0.5, 0.6) is 0 Å². The highest BCUT2D eigenvalue weighted by Crippen LogP contribution is 2.22. The van der Waals surface area contributed by atoms with Gasteiger partial charge < -0.3 is 10.6 Å². The predicted molar refractivity (Wildman–Crippen MR) is 84.6 cm³/mol. The molecule has 0 aliphatic carbocycles. The molecule has 0 fully saturated rings. The summed E-state index contributed by atoms with van der Waals surface area (Å²) in [6, 6.07) is 8.50. The molecular formula is C16H22N4. The second-order valence-electron chi connectivity index (χ2n) is 5.11. The number of nitrogens with one attached hydrogen (secondary N) is 2. The SMILES string of the molecule is CCC(C)Nc1ccnc(Nc2c(C)cccc2C)n1. The average molecular weight is 270 g/mol. The Balaban J connectivity index is 2.20. The molecule has 2 aromatic rings. The fourth-order valence-corrected chi connectivity index (χ4v) is 1.98. The summed E-state index contributed by atoms with van der Waals surface area (Å²) in [5, 5.41) is 6.67. The molecule has 0 spiro atoms. The van der Waals surface area contributed by atoms with Crippen molar-refractivity contribution in [2.24, 2.45) is 0 Å². The molecule has 4 heteroatoms. The number of benzene rings is 1. The van der Waals surface area contributed by atoms with E-state index in [4.69, 9.17) is 0 Å². The third kappa shape index (κ3) is 3.47. The van der Waals surface area contributed by atoms with Crippen molar-refractivity contribution < 1.29 is 0 Å². The molecular weight excluding hydrogens is 248 g/mol. The molecule has 1 unspecified atom stereocenters. The summed E-state index contributed by atoms with van der Waals surface area (Å²) in [7, 11) is 0. The number of aryl methyl sites for hydroxylation is 2. The second-order valence-corrected chi connectivity index (χ2v) is 5.11. The summed E-state index contributed by atoms with van der Waals surface area (Å²) in [4.78, 5) is 8.79. The third-order valence-electron chi connectivity index (χ3n) is 3.38. The molecule has 0 aliphatic rings. The number of nitrogens with zero attached hydrogens (tertiary/aromatic N) is 2. The van der Waals surface area contributed by atoms with Gasteiger partial charge in [0.05, 0.1) is 0 Å². The molecule has 4 nitrogen and oxygen atoms in total. The van der Waals surface area contributed by atoms with Gasteiger partial charge in [-0.3, -0.25) is 0 Å². The normalized spacial score (nSPS) is 12.0. The van der Waals surface area contributed by atoms with Crippen LogP contribution in [0.15, 0.2) is 30.5 Å². The highest BCUT2D eigenvalue weighted by Gasteiger charge is 2.06. The molecule has 1 heterocycles. The molecule has 1 aromatic heterocycles. The number of hydrogen-bond donors (Lipinski definition) is 2. The minimum Gasteiger partial charge on any atom is -0.367 e. The first-order valence-electron chi connectivity index (χ1n) is 7.03. The maximum Gasteiger partial charge on any atom is 0.229 e. The number of rotatable bonds is 5. The van der Waals surface area contributed by atoms with Gasteiger partial charge >= 0.3 is 0 Å². The second kappa shape index (κ2) is 6.37. The van der Waals surface area contributed by atoms with Crippen molar-refractivity contribution in [1.82, 2.24) is 9.97 Å². The van der Waals surface area contributed by atoms with Crippen molar-refractivity contribution in [3.05, 3.63) is 41.6 Å².